The third kappa shape index (κ3) is 8.34. The minimum absolute atomic E-state index is 0.0289. The quantitative estimate of drug-likeness (QED) is 0.263. The zero-order chi connectivity index (χ0) is 40.9. The van der Waals surface area contributed by atoms with Crippen LogP contribution in [0.4, 0.5) is 0 Å². The molecule has 5 atom stereocenters. The second-order valence-electron chi connectivity index (χ2n) is 16.3. The molecule has 0 bridgehead atoms. The number of aromatic nitrogens is 3. The summed E-state index contributed by atoms with van der Waals surface area (Å²) in [5.41, 5.74) is -0.0912. The maximum Gasteiger partial charge on any atom is 0.272 e. The highest BCUT2D eigenvalue weighted by molar-refractivity contribution is 7.91. The SMILES string of the molecule is Cc1c(Cl)ccc2c(O[C@@H]3C[C@H]4C(=O)N[C@]5(C(=O)NS(=O)(=O)C6(C)CC6)C[C@H]5/C=C\CCCCC[C@H](NC(=O)c5ccn(C)n5)C(=O)N4C3)cc(OC(C)C)nc12. The molecule has 4 amide bonds. The van der Waals surface area contributed by atoms with Crippen LogP contribution in [0.1, 0.15) is 94.6 Å². The molecule has 15 nitrogen and oxygen atoms in total. The Labute approximate surface area is 337 Å². The number of pyridine rings is 1. The van der Waals surface area contributed by atoms with Gasteiger partial charge in [0.25, 0.3) is 11.8 Å². The molecule has 3 N–H and O–H groups in total. The first kappa shape index (κ1) is 40.5. The van der Waals surface area contributed by atoms with E-state index in [2.05, 4.69) is 25.4 Å². The van der Waals surface area contributed by atoms with Crippen molar-refractivity contribution in [2.45, 2.75) is 120 Å². The van der Waals surface area contributed by atoms with Crippen molar-refractivity contribution in [3.05, 3.63) is 58.9 Å². The lowest BCUT2D eigenvalue weighted by Crippen LogP contribution is -2.58. The van der Waals surface area contributed by atoms with Gasteiger partial charge in [-0.3, -0.25) is 28.6 Å². The molecule has 2 saturated carbocycles. The first-order chi connectivity index (χ1) is 27.0. The number of sulfonamides is 1. The highest BCUT2D eigenvalue weighted by atomic mass is 35.5. The summed E-state index contributed by atoms with van der Waals surface area (Å²) in [6.07, 6.45) is 8.78. The number of benzene rings is 1. The number of halogens is 1. The van der Waals surface area contributed by atoms with E-state index in [4.69, 9.17) is 21.1 Å². The molecule has 3 fully saturated rings. The summed E-state index contributed by atoms with van der Waals surface area (Å²) in [5, 5.41) is 11.1. The van der Waals surface area contributed by atoms with Crippen molar-refractivity contribution in [3.63, 3.8) is 0 Å². The zero-order valence-corrected chi connectivity index (χ0v) is 34.4. The van der Waals surface area contributed by atoms with Crippen molar-refractivity contribution in [2.24, 2.45) is 13.0 Å². The van der Waals surface area contributed by atoms with Gasteiger partial charge in [-0.2, -0.15) is 5.10 Å². The minimum Gasteiger partial charge on any atom is -0.488 e. The van der Waals surface area contributed by atoms with Crippen LogP contribution in [-0.4, -0.2) is 92.8 Å². The Morgan fingerprint density at radius 1 is 1.12 bits per heavy atom. The number of hydrogen-bond acceptors (Lipinski definition) is 10. The first-order valence-electron chi connectivity index (χ1n) is 19.6. The van der Waals surface area contributed by atoms with E-state index >= 15 is 0 Å². The van der Waals surface area contributed by atoms with Gasteiger partial charge in [-0.15, -0.1) is 0 Å². The van der Waals surface area contributed by atoms with Crippen molar-refractivity contribution in [1.29, 1.82) is 0 Å². The fourth-order valence-electron chi connectivity index (χ4n) is 7.64. The molecule has 4 aliphatic rings. The molecule has 17 heteroatoms. The largest absolute Gasteiger partial charge is 0.488 e. The zero-order valence-electron chi connectivity index (χ0n) is 32.8. The van der Waals surface area contributed by atoms with E-state index in [1.165, 1.54) is 9.58 Å². The van der Waals surface area contributed by atoms with Gasteiger partial charge in [0.15, 0.2) is 0 Å². The number of allylic oxidation sites excluding steroid dienone is 1. The van der Waals surface area contributed by atoms with Crippen LogP contribution in [-0.2, 0) is 31.5 Å². The number of carbonyl (C=O) groups is 4. The normalized spacial score (nSPS) is 26.7. The maximum absolute atomic E-state index is 14.7. The predicted molar refractivity (Wildman–Crippen MR) is 212 cm³/mol. The molecule has 2 aromatic heterocycles. The number of nitrogens with one attached hydrogen (secondary N) is 3. The number of nitrogens with zero attached hydrogens (tertiary/aromatic N) is 4. The third-order valence-corrected chi connectivity index (χ3v) is 14.1. The van der Waals surface area contributed by atoms with Gasteiger partial charge in [0.2, 0.25) is 27.7 Å². The van der Waals surface area contributed by atoms with E-state index in [1.54, 1.807) is 44.4 Å². The molecule has 306 valence electrons. The number of carbonyl (C=O) groups excluding carboxylic acids is 4. The van der Waals surface area contributed by atoms with Crippen molar-refractivity contribution in [3.8, 4) is 11.6 Å². The van der Waals surface area contributed by atoms with E-state index in [9.17, 15) is 27.6 Å². The topological polar surface area (TPSA) is 191 Å². The highest BCUT2D eigenvalue weighted by Gasteiger charge is 2.63. The van der Waals surface area contributed by atoms with Crippen molar-refractivity contribution in [2.75, 3.05) is 6.54 Å². The van der Waals surface area contributed by atoms with Gasteiger partial charge in [0.05, 0.1) is 22.9 Å². The van der Waals surface area contributed by atoms with Crippen molar-refractivity contribution >= 4 is 56.2 Å². The Hall–Kier alpha value is -4.70. The number of amides is 4. The molecule has 0 radical (unpaired) electrons. The summed E-state index contributed by atoms with van der Waals surface area (Å²) in [5.74, 6) is -2.17. The number of fused-ring (bicyclic) bond motifs is 3. The fraction of sp³-hybridized carbons (Fsp3) is 0.550. The van der Waals surface area contributed by atoms with Gasteiger partial charge in [0.1, 0.15) is 35.2 Å². The van der Waals surface area contributed by atoms with Crippen LogP contribution in [0.25, 0.3) is 10.9 Å². The number of rotatable bonds is 9. The monoisotopic (exact) mass is 823 g/mol. The molecule has 7 rings (SSSR count). The molecule has 4 heterocycles. The van der Waals surface area contributed by atoms with E-state index in [0.29, 0.717) is 59.7 Å². The molecule has 0 spiro atoms. The van der Waals surface area contributed by atoms with E-state index < -0.39 is 68.0 Å². The summed E-state index contributed by atoms with van der Waals surface area (Å²) in [6, 6.07) is 4.63. The van der Waals surface area contributed by atoms with Gasteiger partial charge >= 0.3 is 0 Å². The number of aryl methyl sites for hydroxylation is 2. The first-order valence-corrected chi connectivity index (χ1v) is 21.5. The molecule has 2 aliphatic heterocycles. The molecule has 2 aliphatic carbocycles. The predicted octanol–water partition coefficient (Wildman–Crippen LogP) is 4.26. The lowest BCUT2D eigenvalue weighted by molar-refractivity contribution is -0.141. The molecule has 1 saturated heterocycles. The van der Waals surface area contributed by atoms with Crippen LogP contribution in [0.2, 0.25) is 5.02 Å². The molecule has 3 aromatic rings. The van der Waals surface area contributed by atoms with Crippen LogP contribution in [0.3, 0.4) is 0 Å². The van der Waals surface area contributed by atoms with Gasteiger partial charge in [-0.05, 0) is 90.0 Å². The molecule has 57 heavy (non-hydrogen) atoms. The van der Waals surface area contributed by atoms with Crippen LogP contribution in [0, 0.1) is 12.8 Å². The number of ether oxygens (including phenoxy) is 2. The van der Waals surface area contributed by atoms with E-state index in [-0.39, 0.29) is 31.2 Å². The van der Waals surface area contributed by atoms with E-state index in [1.807, 2.05) is 32.9 Å². The van der Waals surface area contributed by atoms with Crippen LogP contribution in [0.15, 0.2) is 42.6 Å². The smallest absolute Gasteiger partial charge is 0.272 e. The third-order valence-electron chi connectivity index (χ3n) is 11.5. The number of hydrogen-bond donors (Lipinski definition) is 3. The van der Waals surface area contributed by atoms with Crippen molar-refractivity contribution < 1.29 is 37.1 Å². The van der Waals surface area contributed by atoms with E-state index in [0.717, 1.165) is 18.4 Å². The van der Waals surface area contributed by atoms with Gasteiger partial charge < -0.3 is 25.0 Å². The average Bonchev–Trinajstić information content (AvgIpc) is 3.95. The second kappa shape index (κ2) is 15.6. The Balaban J connectivity index is 1.23. The Bertz CT molecular complexity index is 2240. The van der Waals surface area contributed by atoms with Gasteiger partial charge in [-0.25, -0.2) is 13.4 Å². The average molecular weight is 824 g/mol. The van der Waals surface area contributed by atoms with Crippen LogP contribution in [0.5, 0.6) is 11.6 Å². The van der Waals surface area contributed by atoms with Crippen LogP contribution >= 0.6 is 11.6 Å². The molecular formula is C40H50ClN7O8S. The highest BCUT2D eigenvalue weighted by Crippen LogP contribution is 2.47. The summed E-state index contributed by atoms with van der Waals surface area (Å²) in [6.45, 7) is 7.16. The van der Waals surface area contributed by atoms with Gasteiger partial charge in [-0.1, -0.05) is 36.6 Å². The van der Waals surface area contributed by atoms with Gasteiger partial charge in [0, 0.05) is 42.1 Å². The molecule has 0 unspecified atom stereocenters. The lowest BCUT2D eigenvalue weighted by Gasteiger charge is -2.30. The Morgan fingerprint density at radius 2 is 1.89 bits per heavy atom. The second-order valence-corrected chi connectivity index (χ2v) is 18.9. The minimum atomic E-state index is -4.00. The maximum atomic E-state index is 14.7. The summed E-state index contributed by atoms with van der Waals surface area (Å²) in [7, 11) is -2.32. The fourth-order valence-corrected chi connectivity index (χ4v) is 9.11. The molecular weight excluding hydrogens is 774 g/mol. The molecule has 1 aromatic carbocycles. The van der Waals surface area contributed by atoms with Crippen LogP contribution < -0.4 is 24.8 Å². The van der Waals surface area contributed by atoms with Crippen molar-refractivity contribution in [1.82, 2.24) is 35.0 Å². The Kier molecular flexibility index (Phi) is 11.1. The lowest BCUT2D eigenvalue weighted by atomic mass is 10.0. The summed E-state index contributed by atoms with van der Waals surface area (Å²) in [4.78, 5) is 62.7. The summed E-state index contributed by atoms with van der Waals surface area (Å²) < 4.78 is 41.7. The summed E-state index contributed by atoms with van der Waals surface area (Å²) >= 11 is 6.48. The Morgan fingerprint density at radius 3 is 2.60 bits per heavy atom. The standard InChI is InChI=1S/C40H50ClN7O8S/c1-23(2)55-33-20-32(27-13-14-28(41)24(3)34(27)43-33)56-26-19-31-36(50)44-40(38(52)46-57(53,54)39(4)16-17-39)21-25(40)11-9-7-6-8-10-12-30(37(51)48(31)22-26)42-35(49)29-15-18-47(5)45-29/h9,11,13-15,18,20,23,25-26,30-31H,6-8,10,12,16-17,19,21-22H2,1-5H3,(H,42,49)(H,44,50)(H,46,52)/b11-9-/t25-,26-,30+,31+,40-/m1/s1.